The predicted molar refractivity (Wildman–Crippen MR) is 138 cm³/mol. The maximum absolute atomic E-state index is 13.8. The van der Waals surface area contributed by atoms with E-state index in [2.05, 4.69) is 21.6 Å². The van der Waals surface area contributed by atoms with Crippen LogP contribution in [0.25, 0.3) is 10.9 Å². The molecular weight excluding hydrogens is 467 g/mol. The average Bonchev–Trinajstić information content (AvgIpc) is 3.40. The van der Waals surface area contributed by atoms with Crippen molar-refractivity contribution < 1.29 is 24.1 Å². The third kappa shape index (κ3) is 6.09. The van der Waals surface area contributed by atoms with Gasteiger partial charge in [-0.1, -0.05) is 12.8 Å². The Bertz CT molecular complexity index is 1000. The highest BCUT2D eigenvalue weighted by atomic mass is 32.2. The number of alkyl halides is 1. The Kier molecular flexibility index (Phi) is 8.89. The highest BCUT2D eigenvalue weighted by Gasteiger charge is 2.41. The summed E-state index contributed by atoms with van der Waals surface area (Å²) in [5.41, 5.74) is 0.608. The van der Waals surface area contributed by atoms with E-state index in [1.54, 1.807) is 25.3 Å². The smallest absolute Gasteiger partial charge is 0.309 e. The summed E-state index contributed by atoms with van der Waals surface area (Å²) in [6.07, 6.45) is 7.61. The number of methoxy groups -OCH3 is 1. The summed E-state index contributed by atoms with van der Waals surface area (Å²) in [7, 11) is 1.56. The van der Waals surface area contributed by atoms with Gasteiger partial charge in [0.25, 0.3) is 0 Å². The van der Waals surface area contributed by atoms with Gasteiger partial charge >= 0.3 is 5.97 Å². The van der Waals surface area contributed by atoms with Crippen molar-refractivity contribution in [3.63, 3.8) is 0 Å². The summed E-state index contributed by atoms with van der Waals surface area (Å²) in [6, 6.07) is 5.32. The predicted octanol–water partition coefficient (Wildman–Crippen LogP) is 5.37. The molecular formula is C27H37FN2O4S. The summed E-state index contributed by atoms with van der Waals surface area (Å²) >= 11 is 2.07. The van der Waals surface area contributed by atoms with E-state index in [1.807, 2.05) is 0 Å². The van der Waals surface area contributed by atoms with Gasteiger partial charge in [0, 0.05) is 34.7 Å². The fraction of sp³-hybridized carbons (Fsp3) is 0.630. The number of carbonyl (C=O) groups is 1. The van der Waals surface area contributed by atoms with Crippen LogP contribution in [0.2, 0.25) is 0 Å². The van der Waals surface area contributed by atoms with Crippen LogP contribution in [-0.2, 0) is 11.5 Å². The first kappa shape index (κ1) is 26.2. The molecule has 1 aliphatic carbocycles. The lowest BCUT2D eigenvalue weighted by Crippen LogP contribution is -2.45. The van der Waals surface area contributed by atoms with Gasteiger partial charge in [-0.3, -0.25) is 9.78 Å². The molecule has 1 aliphatic heterocycles. The molecule has 1 aromatic carbocycles. The molecule has 2 aliphatic rings. The van der Waals surface area contributed by atoms with Crippen LogP contribution >= 0.6 is 11.8 Å². The van der Waals surface area contributed by atoms with E-state index in [4.69, 9.17) is 4.74 Å². The fourth-order valence-electron chi connectivity index (χ4n) is 5.60. The molecule has 4 rings (SSSR count). The lowest BCUT2D eigenvalue weighted by Gasteiger charge is -2.39. The maximum Gasteiger partial charge on any atom is 0.309 e. The van der Waals surface area contributed by atoms with E-state index in [1.165, 1.54) is 31.9 Å². The van der Waals surface area contributed by atoms with Crippen molar-refractivity contribution in [2.45, 2.75) is 69.4 Å². The number of rotatable bonds is 11. The molecule has 0 bridgehead atoms. The van der Waals surface area contributed by atoms with Gasteiger partial charge in [-0.25, -0.2) is 4.39 Å². The molecule has 1 saturated heterocycles. The van der Waals surface area contributed by atoms with E-state index in [0.717, 1.165) is 30.6 Å². The van der Waals surface area contributed by atoms with Crippen LogP contribution in [0.1, 0.15) is 68.6 Å². The third-order valence-electron chi connectivity index (χ3n) is 7.90. The molecule has 2 aromatic rings. The van der Waals surface area contributed by atoms with Crippen LogP contribution in [0.5, 0.6) is 5.75 Å². The van der Waals surface area contributed by atoms with Crippen LogP contribution in [0.3, 0.4) is 0 Å². The van der Waals surface area contributed by atoms with Crippen LogP contribution in [0.4, 0.5) is 4.39 Å². The zero-order chi connectivity index (χ0) is 24.8. The number of aliphatic hydroxyl groups excluding tert-OH is 1. The largest absolute Gasteiger partial charge is 0.497 e. The Morgan fingerprint density at radius 2 is 2.06 bits per heavy atom. The molecule has 8 heteroatoms. The Hall–Kier alpha value is -1.90. The van der Waals surface area contributed by atoms with Crippen molar-refractivity contribution in [1.29, 1.82) is 0 Å². The number of ether oxygens (including phenoxy) is 1. The van der Waals surface area contributed by atoms with E-state index in [9.17, 15) is 19.4 Å². The van der Waals surface area contributed by atoms with Gasteiger partial charge in [-0.15, -0.1) is 0 Å². The quantitative estimate of drug-likeness (QED) is 0.426. The first-order valence-corrected chi connectivity index (χ1v) is 13.8. The summed E-state index contributed by atoms with van der Waals surface area (Å²) in [6.45, 7) is 1.78. The minimum absolute atomic E-state index is 0.257. The molecule has 1 atom stereocenters. The number of aromatic nitrogens is 1. The number of likely N-dealkylation sites (tertiary alicyclic amines) is 1. The van der Waals surface area contributed by atoms with Crippen molar-refractivity contribution in [2.24, 2.45) is 5.41 Å². The molecule has 0 amide bonds. The van der Waals surface area contributed by atoms with Crippen molar-refractivity contribution >= 4 is 28.6 Å². The number of aliphatic carboxylic acids is 1. The van der Waals surface area contributed by atoms with Gasteiger partial charge in [-0.05, 0) is 75.4 Å². The number of benzene rings is 1. The van der Waals surface area contributed by atoms with E-state index in [0.29, 0.717) is 47.0 Å². The molecule has 0 radical (unpaired) electrons. The SMILES string of the molecule is COc1ccc2ncc(CF)c(C(O)CCC3(C(=O)O)CCN(CCSC4CCCC4)CC3)c2c1. The number of hydrogen-bond acceptors (Lipinski definition) is 6. The Morgan fingerprint density at radius 1 is 1.31 bits per heavy atom. The molecule has 2 N–H and O–H groups in total. The number of halogens is 1. The molecule has 1 aromatic heterocycles. The lowest BCUT2D eigenvalue weighted by atomic mass is 9.74. The second-order valence-electron chi connectivity index (χ2n) is 9.97. The van der Waals surface area contributed by atoms with E-state index < -0.39 is 24.2 Å². The molecule has 2 heterocycles. The van der Waals surface area contributed by atoms with E-state index >= 15 is 0 Å². The number of aliphatic hydroxyl groups is 1. The van der Waals surface area contributed by atoms with Crippen molar-refractivity contribution in [3.8, 4) is 5.75 Å². The minimum atomic E-state index is -0.976. The molecule has 0 spiro atoms. The number of carboxylic acid groups (broad SMARTS) is 1. The molecule has 192 valence electrons. The first-order valence-electron chi connectivity index (χ1n) is 12.7. The van der Waals surface area contributed by atoms with Gasteiger partial charge < -0.3 is 19.8 Å². The van der Waals surface area contributed by atoms with Crippen LogP contribution in [-0.4, -0.2) is 63.8 Å². The average molecular weight is 505 g/mol. The van der Waals surface area contributed by atoms with Gasteiger partial charge in [0.2, 0.25) is 0 Å². The molecule has 6 nitrogen and oxygen atoms in total. The summed E-state index contributed by atoms with van der Waals surface area (Å²) in [4.78, 5) is 19.0. The van der Waals surface area contributed by atoms with Gasteiger partial charge in [0.15, 0.2) is 0 Å². The van der Waals surface area contributed by atoms with Gasteiger partial charge in [0.1, 0.15) is 12.4 Å². The number of nitrogens with zero attached hydrogens (tertiary/aromatic N) is 2. The topological polar surface area (TPSA) is 82.9 Å². The first-order chi connectivity index (χ1) is 17.0. The van der Waals surface area contributed by atoms with Crippen LogP contribution in [0.15, 0.2) is 24.4 Å². The monoisotopic (exact) mass is 504 g/mol. The highest BCUT2D eigenvalue weighted by Crippen LogP contribution is 2.40. The molecule has 2 fully saturated rings. The highest BCUT2D eigenvalue weighted by molar-refractivity contribution is 7.99. The summed E-state index contributed by atoms with van der Waals surface area (Å²) in [5, 5.41) is 22.7. The standard InChI is InChI=1S/C27H37FN2O4S/c1-34-20-6-7-23-22(16-20)25(19(17-28)18-29-23)24(31)8-9-27(26(32)33)10-12-30(13-11-27)14-15-35-21-4-2-3-5-21/h6-7,16,18,21,24,31H,2-5,8-15,17H2,1H3,(H,32,33). The van der Waals surface area contributed by atoms with Crippen molar-refractivity contribution in [1.82, 2.24) is 9.88 Å². The van der Waals surface area contributed by atoms with Crippen LogP contribution in [0, 0.1) is 5.41 Å². The zero-order valence-corrected chi connectivity index (χ0v) is 21.4. The van der Waals surface area contributed by atoms with Crippen molar-refractivity contribution in [2.75, 3.05) is 32.5 Å². The maximum atomic E-state index is 13.8. The summed E-state index contributed by atoms with van der Waals surface area (Å²) < 4.78 is 19.1. The second-order valence-corrected chi connectivity index (χ2v) is 11.4. The lowest BCUT2D eigenvalue weighted by molar-refractivity contribution is -0.153. The molecule has 1 unspecified atom stereocenters. The van der Waals surface area contributed by atoms with Crippen molar-refractivity contribution in [3.05, 3.63) is 35.5 Å². The number of thioether (sulfide) groups is 1. The van der Waals surface area contributed by atoms with Gasteiger partial charge in [0.05, 0.1) is 24.1 Å². The summed E-state index contributed by atoms with van der Waals surface area (Å²) in [5.74, 6) is 0.912. The fourth-order valence-corrected chi connectivity index (χ4v) is 6.96. The zero-order valence-electron chi connectivity index (χ0n) is 20.5. The second kappa shape index (κ2) is 11.9. The number of pyridine rings is 1. The van der Waals surface area contributed by atoms with Crippen LogP contribution < -0.4 is 4.74 Å². The number of hydrogen-bond donors (Lipinski definition) is 2. The third-order valence-corrected chi connectivity index (χ3v) is 9.26. The minimum Gasteiger partial charge on any atom is -0.497 e. The Labute approximate surface area is 211 Å². The Balaban J connectivity index is 1.40. The number of carboxylic acids is 1. The Morgan fingerprint density at radius 3 is 2.71 bits per heavy atom. The molecule has 35 heavy (non-hydrogen) atoms. The molecule has 1 saturated carbocycles. The number of fused-ring (bicyclic) bond motifs is 1. The normalized spacial score (nSPS) is 19.7. The number of piperidine rings is 1. The van der Waals surface area contributed by atoms with E-state index in [-0.39, 0.29) is 6.42 Å². The van der Waals surface area contributed by atoms with Gasteiger partial charge in [-0.2, -0.15) is 11.8 Å².